The number of hydrogen-bond acceptors (Lipinski definition) is 8. The highest BCUT2D eigenvalue weighted by atomic mass is 32.1. The van der Waals surface area contributed by atoms with Crippen LogP contribution in [0.25, 0.3) is 32.6 Å². The summed E-state index contributed by atoms with van der Waals surface area (Å²) in [6, 6.07) is 15.2. The van der Waals surface area contributed by atoms with E-state index < -0.39 is 5.60 Å². The fraction of sp³-hybridized carbons (Fsp3) is 0.286. The van der Waals surface area contributed by atoms with Crippen LogP contribution in [0.15, 0.2) is 48.8 Å². The Kier molecular flexibility index (Phi) is 6.12. The van der Waals surface area contributed by atoms with Crippen LogP contribution in [0.1, 0.15) is 24.1 Å². The Balaban J connectivity index is 1.30. The Morgan fingerprint density at radius 3 is 2.72 bits per heavy atom. The average Bonchev–Trinajstić information content (AvgIpc) is 3.49. The molecule has 1 spiro atoms. The normalized spacial score (nSPS) is 16.4. The molecule has 11 heteroatoms. The summed E-state index contributed by atoms with van der Waals surface area (Å²) in [6.45, 7) is 3.44. The molecule has 3 amide bonds. The highest BCUT2D eigenvalue weighted by molar-refractivity contribution is 7.19. The van der Waals surface area contributed by atoms with Crippen LogP contribution < -0.4 is 5.32 Å². The van der Waals surface area contributed by atoms with E-state index in [1.807, 2.05) is 37.3 Å². The van der Waals surface area contributed by atoms with E-state index in [2.05, 4.69) is 21.4 Å². The maximum atomic E-state index is 13.2. The number of aromatic nitrogens is 3. The summed E-state index contributed by atoms with van der Waals surface area (Å²) < 4.78 is 5.61. The monoisotopic (exact) mass is 539 g/mol. The molecule has 0 aliphatic carbocycles. The zero-order valence-electron chi connectivity index (χ0n) is 21.5. The van der Waals surface area contributed by atoms with Crippen LogP contribution in [0.2, 0.25) is 0 Å². The lowest BCUT2D eigenvalue weighted by Gasteiger charge is -2.37. The van der Waals surface area contributed by atoms with E-state index >= 15 is 0 Å². The van der Waals surface area contributed by atoms with E-state index in [-0.39, 0.29) is 12.1 Å². The van der Waals surface area contributed by atoms with Gasteiger partial charge in [-0.1, -0.05) is 29.5 Å². The molecule has 0 bridgehead atoms. The van der Waals surface area contributed by atoms with Crippen molar-refractivity contribution in [3.63, 3.8) is 0 Å². The van der Waals surface area contributed by atoms with Crippen LogP contribution >= 0.6 is 11.3 Å². The number of aryl methyl sites for hydroxylation is 1. The number of nitriles is 1. The molecule has 2 aliphatic rings. The average molecular weight is 540 g/mol. The number of amides is 3. The molecule has 6 rings (SSSR count). The van der Waals surface area contributed by atoms with E-state index in [1.165, 1.54) is 11.3 Å². The molecular formula is C28H25N7O3S. The first kappa shape index (κ1) is 24.8. The highest BCUT2D eigenvalue weighted by Crippen LogP contribution is 2.40. The van der Waals surface area contributed by atoms with E-state index in [0.717, 1.165) is 32.6 Å². The number of hydrogen-bond donors (Lipinski definition) is 1. The second kappa shape index (κ2) is 9.63. The van der Waals surface area contributed by atoms with Crippen molar-refractivity contribution < 1.29 is 14.3 Å². The van der Waals surface area contributed by atoms with Crippen LogP contribution in [0.5, 0.6) is 0 Å². The molecule has 2 aromatic heterocycles. The topological polar surface area (TPSA) is 124 Å². The van der Waals surface area contributed by atoms with Gasteiger partial charge in [0.2, 0.25) is 0 Å². The zero-order chi connectivity index (χ0) is 27.1. The first-order valence-corrected chi connectivity index (χ1v) is 13.4. The van der Waals surface area contributed by atoms with Gasteiger partial charge in [0.1, 0.15) is 11.9 Å². The molecule has 4 heterocycles. The lowest BCUT2D eigenvalue weighted by Crippen LogP contribution is -2.49. The van der Waals surface area contributed by atoms with Gasteiger partial charge in [0.05, 0.1) is 34.3 Å². The standard InChI is InChI=1S/C28H25N7O3S/c1-17-21-13-20(6-7-22(21)31-16-30-17)24-23(19-5-3-4-18(12-19)14-29)32-25(39-24)33-26(36)35-10-8-28(9-11-35)15-34(2)27(37)38-28/h3-7,12-13,16H,8-11,15H2,1-2H3,(H,32,33,36). The molecule has 0 radical (unpaired) electrons. The minimum Gasteiger partial charge on any atom is -0.441 e. The van der Waals surface area contributed by atoms with Gasteiger partial charge < -0.3 is 14.5 Å². The molecule has 2 fully saturated rings. The predicted molar refractivity (Wildman–Crippen MR) is 147 cm³/mol. The predicted octanol–water partition coefficient (Wildman–Crippen LogP) is 5.05. The van der Waals surface area contributed by atoms with Gasteiger partial charge in [-0.05, 0) is 36.8 Å². The van der Waals surface area contributed by atoms with Crippen molar-refractivity contribution in [3.8, 4) is 27.8 Å². The van der Waals surface area contributed by atoms with Crippen LogP contribution in [0, 0.1) is 18.3 Å². The maximum absolute atomic E-state index is 13.2. The van der Waals surface area contributed by atoms with Crippen molar-refractivity contribution >= 4 is 39.5 Å². The van der Waals surface area contributed by atoms with E-state index in [9.17, 15) is 14.9 Å². The summed E-state index contributed by atoms with van der Waals surface area (Å²) in [7, 11) is 1.73. The van der Waals surface area contributed by atoms with Gasteiger partial charge in [-0.15, -0.1) is 0 Å². The molecule has 0 saturated carbocycles. The highest BCUT2D eigenvalue weighted by Gasteiger charge is 2.46. The third-order valence-electron chi connectivity index (χ3n) is 7.31. The SMILES string of the molecule is Cc1ncnc2ccc(-c3sc(NC(=O)N4CCC5(CC4)CN(C)C(=O)O5)nc3-c3cccc(C#N)c3)cc12. The first-order valence-electron chi connectivity index (χ1n) is 12.6. The van der Waals surface area contributed by atoms with Gasteiger partial charge in [-0.25, -0.2) is 24.5 Å². The van der Waals surface area contributed by atoms with Crippen LogP contribution in [-0.2, 0) is 4.74 Å². The number of rotatable bonds is 3. The molecule has 2 saturated heterocycles. The second-order valence-corrected chi connectivity index (χ2v) is 10.9. The number of ether oxygens (including phenoxy) is 1. The van der Waals surface area contributed by atoms with Crippen molar-refractivity contribution in [1.29, 1.82) is 5.26 Å². The Hall–Kier alpha value is -4.56. The maximum Gasteiger partial charge on any atom is 0.410 e. The Labute approximate surface area is 228 Å². The fourth-order valence-electron chi connectivity index (χ4n) is 5.17. The smallest absolute Gasteiger partial charge is 0.410 e. The lowest BCUT2D eigenvalue weighted by atomic mass is 9.91. The number of thiazole rings is 1. The van der Waals surface area contributed by atoms with E-state index in [1.54, 1.807) is 35.3 Å². The summed E-state index contributed by atoms with van der Waals surface area (Å²) in [5.74, 6) is 0. The molecule has 4 aromatic rings. The van der Waals surface area contributed by atoms with Gasteiger partial charge in [0.15, 0.2) is 5.13 Å². The summed E-state index contributed by atoms with van der Waals surface area (Å²) in [4.78, 5) is 42.8. The molecule has 0 unspecified atom stereocenters. The number of anilines is 1. The number of nitrogens with one attached hydrogen (secondary N) is 1. The molecule has 196 valence electrons. The Bertz CT molecular complexity index is 1650. The van der Waals surface area contributed by atoms with Crippen LogP contribution in [0.3, 0.4) is 0 Å². The number of carbonyl (C=O) groups is 2. The first-order chi connectivity index (χ1) is 18.8. The summed E-state index contributed by atoms with van der Waals surface area (Å²) in [6.07, 6.45) is 2.41. The van der Waals surface area contributed by atoms with Crippen molar-refractivity contribution in [3.05, 3.63) is 60.0 Å². The number of urea groups is 1. The molecule has 1 N–H and O–H groups in total. The van der Waals surface area contributed by atoms with Gasteiger partial charge in [-0.3, -0.25) is 5.32 Å². The summed E-state index contributed by atoms with van der Waals surface area (Å²) in [5, 5.41) is 13.8. The minimum absolute atomic E-state index is 0.247. The van der Waals surface area contributed by atoms with Crippen molar-refractivity contribution in [2.24, 2.45) is 0 Å². The van der Waals surface area contributed by atoms with Gasteiger partial charge in [0, 0.05) is 49.6 Å². The van der Waals surface area contributed by atoms with Crippen LogP contribution in [0.4, 0.5) is 14.7 Å². The van der Waals surface area contributed by atoms with Gasteiger partial charge in [-0.2, -0.15) is 5.26 Å². The molecule has 0 atom stereocenters. The largest absolute Gasteiger partial charge is 0.441 e. The van der Waals surface area contributed by atoms with E-state index in [4.69, 9.17) is 9.72 Å². The minimum atomic E-state index is -0.520. The lowest BCUT2D eigenvalue weighted by molar-refractivity contribution is 0.0109. The molecule has 2 aliphatic heterocycles. The number of piperidine rings is 1. The van der Waals surface area contributed by atoms with Crippen molar-refractivity contribution in [2.45, 2.75) is 25.4 Å². The van der Waals surface area contributed by atoms with Gasteiger partial charge in [0.25, 0.3) is 0 Å². The van der Waals surface area contributed by atoms with Gasteiger partial charge >= 0.3 is 12.1 Å². The van der Waals surface area contributed by atoms with Crippen LogP contribution in [-0.4, -0.2) is 69.2 Å². The zero-order valence-corrected chi connectivity index (χ0v) is 22.3. The number of likely N-dealkylation sites (tertiary alicyclic amines) is 1. The third kappa shape index (κ3) is 4.64. The number of fused-ring (bicyclic) bond motifs is 1. The molecule has 2 aromatic carbocycles. The molecular weight excluding hydrogens is 514 g/mol. The number of nitrogens with zero attached hydrogens (tertiary/aromatic N) is 6. The Morgan fingerprint density at radius 2 is 1.97 bits per heavy atom. The fourth-order valence-corrected chi connectivity index (χ4v) is 6.14. The number of likely N-dealkylation sites (N-methyl/N-ethyl adjacent to an activating group) is 1. The molecule has 39 heavy (non-hydrogen) atoms. The summed E-state index contributed by atoms with van der Waals surface area (Å²) >= 11 is 1.38. The van der Waals surface area contributed by atoms with E-state index in [0.29, 0.717) is 48.9 Å². The Morgan fingerprint density at radius 1 is 1.15 bits per heavy atom. The number of carbonyl (C=O) groups excluding carboxylic acids is 2. The van der Waals surface area contributed by atoms with Crippen molar-refractivity contribution in [1.82, 2.24) is 24.8 Å². The molecule has 10 nitrogen and oxygen atoms in total. The number of benzene rings is 2. The quantitative estimate of drug-likeness (QED) is 0.386. The third-order valence-corrected chi connectivity index (χ3v) is 8.33. The van der Waals surface area contributed by atoms with Crippen molar-refractivity contribution in [2.75, 3.05) is 32.0 Å². The second-order valence-electron chi connectivity index (χ2n) is 9.90. The summed E-state index contributed by atoms with van der Waals surface area (Å²) in [5.41, 5.74) is 4.11.